The van der Waals surface area contributed by atoms with E-state index in [2.05, 4.69) is 0 Å². The van der Waals surface area contributed by atoms with Gasteiger partial charge in [-0.2, -0.15) is 0 Å². The average molecular weight is 268 g/mol. The van der Waals surface area contributed by atoms with Gasteiger partial charge in [0.2, 0.25) is 5.78 Å². The van der Waals surface area contributed by atoms with Crippen LogP contribution in [0.4, 0.5) is 11.4 Å². The molecule has 0 heterocycles. The van der Waals surface area contributed by atoms with Crippen LogP contribution < -0.4 is 5.73 Å². The second-order valence-electron chi connectivity index (χ2n) is 4.42. The van der Waals surface area contributed by atoms with Crippen molar-refractivity contribution in [3.8, 4) is 0 Å². The topological polar surface area (TPSA) is 103 Å². The summed E-state index contributed by atoms with van der Waals surface area (Å²) in [6, 6.07) is 8.34. The highest BCUT2D eigenvalue weighted by molar-refractivity contribution is 6.29. The van der Waals surface area contributed by atoms with Crippen LogP contribution in [0.5, 0.6) is 0 Å². The fraction of sp³-hybridized carbons (Fsp3) is 0. The van der Waals surface area contributed by atoms with Gasteiger partial charge in [-0.15, -0.1) is 0 Å². The summed E-state index contributed by atoms with van der Waals surface area (Å²) < 4.78 is 0. The molecule has 2 N–H and O–H groups in total. The van der Waals surface area contributed by atoms with Crippen LogP contribution in [-0.2, 0) is 0 Å². The molecule has 0 unspecified atom stereocenters. The lowest BCUT2D eigenvalue weighted by atomic mass is 9.83. The number of hydrogen-bond acceptors (Lipinski definition) is 5. The van der Waals surface area contributed by atoms with Gasteiger partial charge in [0.1, 0.15) is 5.56 Å². The number of hydrogen-bond donors (Lipinski definition) is 1. The smallest absolute Gasteiger partial charge is 0.281 e. The molecule has 1 aliphatic carbocycles. The van der Waals surface area contributed by atoms with Gasteiger partial charge >= 0.3 is 0 Å². The summed E-state index contributed by atoms with van der Waals surface area (Å²) in [5.74, 6) is -0.951. The Kier molecular flexibility index (Phi) is 2.40. The zero-order valence-electron chi connectivity index (χ0n) is 10.1. The third-order valence-electron chi connectivity index (χ3n) is 3.24. The van der Waals surface area contributed by atoms with Gasteiger partial charge < -0.3 is 5.73 Å². The van der Waals surface area contributed by atoms with Crippen molar-refractivity contribution >= 4 is 22.9 Å². The number of carbonyl (C=O) groups is 2. The molecular formula is C14H8N2O4. The second kappa shape index (κ2) is 3.99. The summed E-state index contributed by atoms with van der Waals surface area (Å²) >= 11 is 0. The van der Waals surface area contributed by atoms with Gasteiger partial charge in [0.15, 0.2) is 5.78 Å². The van der Waals surface area contributed by atoms with Gasteiger partial charge in [-0.25, -0.2) is 0 Å². The number of fused-ring (bicyclic) bond motifs is 2. The van der Waals surface area contributed by atoms with E-state index in [-0.39, 0.29) is 27.9 Å². The number of nitrogens with two attached hydrogens (primary N) is 1. The lowest BCUT2D eigenvalue weighted by Crippen LogP contribution is -2.22. The molecule has 1 aliphatic rings. The Hall–Kier alpha value is -3.02. The van der Waals surface area contributed by atoms with E-state index in [4.69, 9.17) is 5.73 Å². The number of nitro benzene ring substituents is 1. The number of anilines is 1. The maximum absolute atomic E-state index is 12.4. The van der Waals surface area contributed by atoms with Crippen molar-refractivity contribution in [2.24, 2.45) is 0 Å². The molecule has 98 valence electrons. The molecule has 0 spiro atoms. The molecule has 6 heteroatoms. The van der Waals surface area contributed by atoms with Crippen LogP contribution in [0.15, 0.2) is 36.4 Å². The zero-order chi connectivity index (χ0) is 14.4. The molecule has 0 atom stereocenters. The molecule has 0 fully saturated rings. The van der Waals surface area contributed by atoms with Gasteiger partial charge in [0.25, 0.3) is 5.69 Å². The molecule has 0 radical (unpaired) electrons. The molecule has 0 aliphatic heterocycles. The number of rotatable bonds is 1. The van der Waals surface area contributed by atoms with E-state index in [1.807, 2.05) is 0 Å². The van der Waals surface area contributed by atoms with Crippen LogP contribution in [-0.4, -0.2) is 16.5 Å². The van der Waals surface area contributed by atoms with Crippen LogP contribution in [0.2, 0.25) is 0 Å². The van der Waals surface area contributed by atoms with Gasteiger partial charge in [-0.1, -0.05) is 6.07 Å². The predicted molar refractivity (Wildman–Crippen MR) is 70.8 cm³/mol. The fourth-order valence-corrected chi connectivity index (χ4v) is 2.35. The Morgan fingerprint density at radius 1 is 0.950 bits per heavy atom. The average Bonchev–Trinajstić information content (AvgIpc) is 2.43. The molecule has 0 saturated carbocycles. The van der Waals surface area contributed by atoms with Crippen LogP contribution in [0.1, 0.15) is 31.8 Å². The Morgan fingerprint density at radius 3 is 2.40 bits per heavy atom. The third-order valence-corrected chi connectivity index (χ3v) is 3.24. The number of nitrogen functional groups attached to an aromatic ring is 1. The Labute approximate surface area is 113 Å². The van der Waals surface area contributed by atoms with Crippen molar-refractivity contribution < 1.29 is 14.5 Å². The third kappa shape index (κ3) is 1.51. The van der Waals surface area contributed by atoms with Gasteiger partial charge in [0, 0.05) is 28.4 Å². The van der Waals surface area contributed by atoms with E-state index in [1.165, 1.54) is 36.4 Å². The minimum atomic E-state index is -0.660. The molecular weight excluding hydrogens is 260 g/mol. The van der Waals surface area contributed by atoms with Crippen molar-refractivity contribution in [3.05, 3.63) is 68.8 Å². The fourth-order valence-electron chi connectivity index (χ4n) is 2.35. The maximum atomic E-state index is 12.4. The van der Waals surface area contributed by atoms with Crippen molar-refractivity contribution in [2.75, 3.05) is 5.73 Å². The minimum Gasteiger partial charge on any atom is -0.399 e. The van der Waals surface area contributed by atoms with Crippen molar-refractivity contribution in [1.82, 2.24) is 0 Å². The Bertz CT molecular complexity index is 796. The Morgan fingerprint density at radius 2 is 1.70 bits per heavy atom. The summed E-state index contributed by atoms with van der Waals surface area (Å²) in [5.41, 5.74) is 5.84. The molecule has 6 nitrogen and oxygen atoms in total. The van der Waals surface area contributed by atoms with E-state index in [0.29, 0.717) is 5.69 Å². The monoisotopic (exact) mass is 268 g/mol. The highest BCUT2D eigenvalue weighted by atomic mass is 16.6. The van der Waals surface area contributed by atoms with Gasteiger partial charge in [-0.3, -0.25) is 19.7 Å². The number of benzene rings is 2. The SMILES string of the molecule is Nc1ccc2c(c1)C(=O)c1cccc([N+](=O)[O-])c1C2=O. The highest BCUT2D eigenvalue weighted by Gasteiger charge is 2.35. The molecule has 0 saturated heterocycles. The molecule has 0 bridgehead atoms. The van der Waals surface area contributed by atoms with E-state index >= 15 is 0 Å². The van der Waals surface area contributed by atoms with Crippen LogP contribution >= 0.6 is 0 Å². The molecule has 2 aromatic carbocycles. The largest absolute Gasteiger partial charge is 0.399 e. The first-order chi connectivity index (χ1) is 9.50. The predicted octanol–water partition coefficient (Wildman–Crippen LogP) is 1.95. The minimum absolute atomic E-state index is 0.0438. The summed E-state index contributed by atoms with van der Waals surface area (Å²) in [4.78, 5) is 35.1. The second-order valence-corrected chi connectivity index (χ2v) is 4.42. The molecule has 0 aromatic heterocycles. The number of ketones is 2. The first-order valence-electron chi connectivity index (χ1n) is 5.77. The molecule has 3 rings (SSSR count). The first-order valence-corrected chi connectivity index (χ1v) is 5.77. The zero-order valence-corrected chi connectivity index (χ0v) is 10.1. The van der Waals surface area contributed by atoms with E-state index in [1.54, 1.807) is 0 Å². The number of nitro groups is 1. The summed E-state index contributed by atoms with van der Waals surface area (Å²) in [6.45, 7) is 0. The maximum Gasteiger partial charge on any atom is 0.281 e. The summed E-state index contributed by atoms with van der Waals surface area (Å²) in [6.07, 6.45) is 0. The number of nitrogens with zero attached hydrogens (tertiary/aromatic N) is 1. The Balaban J connectivity index is 2.35. The highest BCUT2D eigenvalue weighted by Crippen LogP contribution is 2.33. The standard InChI is InChI=1S/C14H8N2O4/c15-7-4-5-8-10(6-7)13(17)9-2-1-3-11(16(19)20)12(9)14(8)18/h1-6H,15H2. The summed E-state index contributed by atoms with van der Waals surface area (Å²) in [5, 5.41) is 11.0. The van der Waals surface area contributed by atoms with Crippen LogP contribution in [0.3, 0.4) is 0 Å². The first kappa shape index (κ1) is 12.0. The van der Waals surface area contributed by atoms with Crippen LogP contribution in [0, 0.1) is 10.1 Å². The van der Waals surface area contributed by atoms with E-state index in [0.717, 1.165) is 0 Å². The van der Waals surface area contributed by atoms with Gasteiger partial charge in [0.05, 0.1) is 4.92 Å². The van der Waals surface area contributed by atoms with E-state index < -0.39 is 16.5 Å². The van der Waals surface area contributed by atoms with Crippen molar-refractivity contribution in [2.45, 2.75) is 0 Å². The molecule has 2 aromatic rings. The lowest BCUT2D eigenvalue weighted by Gasteiger charge is -2.17. The van der Waals surface area contributed by atoms with Gasteiger partial charge in [-0.05, 0) is 24.3 Å². The van der Waals surface area contributed by atoms with Crippen molar-refractivity contribution in [3.63, 3.8) is 0 Å². The summed E-state index contributed by atoms with van der Waals surface area (Å²) in [7, 11) is 0. The molecule has 20 heavy (non-hydrogen) atoms. The van der Waals surface area contributed by atoms with Crippen LogP contribution in [0.25, 0.3) is 0 Å². The normalized spacial score (nSPS) is 12.8. The quantitative estimate of drug-likeness (QED) is 0.412. The number of carbonyl (C=O) groups excluding carboxylic acids is 2. The molecule has 0 amide bonds. The van der Waals surface area contributed by atoms with E-state index in [9.17, 15) is 19.7 Å². The lowest BCUT2D eigenvalue weighted by molar-refractivity contribution is -0.385. The van der Waals surface area contributed by atoms with Crippen molar-refractivity contribution in [1.29, 1.82) is 0 Å².